The summed E-state index contributed by atoms with van der Waals surface area (Å²) in [5, 5.41) is 10.5. The molecule has 2 aromatic rings. The Labute approximate surface area is 107 Å². The van der Waals surface area contributed by atoms with E-state index in [-0.39, 0.29) is 0 Å². The number of hydrogen-bond acceptors (Lipinski definition) is 1. The number of hydrogen-bond donors (Lipinski definition) is 1. The van der Waals surface area contributed by atoms with Crippen LogP contribution in [0.4, 0.5) is 0 Å². The smallest absolute Gasteiger partial charge is 0.121 e. The number of phenolic OH excluding ortho intramolecular Hbond substituents is 1. The Morgan fingerprint density at radius 1 is 0.941 bits per heavy atom. The van der Waals surface area contributed by atoms with E-state index in [0.717, 1.165) is 22.6 Å². The number of aryl methyl sites for hydroxylation is 2. The molecule has 0 heterocycles. The highest BCUT2D eigenvalue weighted by atomic mass is 35.5. The zero-order chi connectivity index (χ0) is 12.4. The van der Waals surface area contributed by atoms with Crippen molar-refractivity contribution in [1.82, 2.24) is 0 Å². The van der Waals surface area contributed by atoms with Gasteiger partial charge in [0.1, 0.15) is 5.75 Å². The minimum Gasteiger partial charge on any atom is -0.507 e. The summed E-state index contributed by atoms with van der Waals surface area (Å²) < 4.78 is 0. The fourth-order valence-electron chi connectivity index (χ4n) is 1.99. The van der Waals surface area contributed by atoms with Gasteiger partial charge >= 0.3 is 0 Å². The van der Waals surface area contributed by atoms with Gasteiger partial charge in [-0.3, -0.25) is 0 Å². The van der Waals surface area contributed by atoms with Crippen LogP contribution in [0, 0.1) is 13.8 Å². The van der Waals surface area contributed by atoms with Crippen molar-refractivity contribution in [2.75, 3.05) is 0 Å². The zero-order valence-electron chi connectivity index (χ0n) is 10.00. The minimum atomic E-state index is 0.393. The van der Waals surface area contributed by atoms with Gasteiger partial charge in [0.2, 0.25) is 0 Å². The maximum atomic E-state index is 9.72. The van der Waals surface area contributed by atoms with Gasteiger partial charge in [-0.2, -0.15) is 0 Å². The third-order valence-electron chi connectivity index (χ3n) is 2.87. The van der Waals surface area contributed by atoms with Crippen molar-refractivity contribution in [1.29, 1.82) is 0 Å². The molecule has 0 saturated carbocycles. The molecule has 0 saturated heterocycles. The van der Waals surface area contributed by atoms with Crippen molar-refractivity contribution >= 4 is 11.6 Å². The van der Waals surface area contributed by atoms with E-state index in [0.29, 0.717) is 5.75 Å². The van der Waals surface area contributed by atoms with Gasteiger partial charge in [0.05, 0.1) is 0 Å². The molecule has 2 rings (SSSR count). The molecule has 0 atom stereocenters. The molecule has 0 aromatic heterocycles. The molecule has 0 bridgehead atoms. The highest BCUT2D eigenvalue weighted by Crippen LogP contribution is 2.24. The highest BCUT2D eigenvalue weighted by molar-refractivity contribution is 6.30. The Balaban J connectivity index is 2.27. The summed E-state index contributed by atoms with van der Waals surface area (Å²) >= 11 is 5.85. The van der Waals surface area contributed by atoms with Gasteiger partial charge in [0.25, 0.3) is 0 Å². The standard InChI is InChI=1S/C15H15ClO/c1-10-7-13(8-11(2)15(10)17)9-12-3-5-14(16)6-4-12/h3-8,17H,9H2,1-2H3. The van der Waals surface area contributed by atoms with Gasteiger partial charge in [-0.15, -0.1) is 0 Å². The molecule has 0 aliphatic heterocycles. The van der Waals surface area contributed by atoms with Crippen LogP contribution in [0.5, 0.6) is 5.75 Å². The molecule has 0 unspecified atom stereocenters. The summed E-state index contributed by atoms with van der Waals surface area (Å²) in [7, 11) is 0. The summed E-state index contributed by atoms with van der Waals surface area (Å²) in [6, 6.07) is 11.9. The van der Waals surface area contributed by atoms with Crippen LogP contribution in [0.15, 0.2) is 36.4 Å². The molecular formula is C15H15ClO. The van der Waals surface area contributed by atoms with Gasteiger partial charge in [-0.05, 0) is 54.7 Å². The van der Waals surface area contributed by atoms with E-state index in [1.165, 1.54) is 11.1 Å². The van der Waals surface area contributed by atoms with Gasteiger partial charge in [0.15, 0.2) is 0 Å². The summed E-state index contributed by atoms with van der Waals surface area (Å²) in [5.41, 5.74) is 4.28. The predicted octanol–water partition coefficient (Wildman–Crippen LogP) is 4.25. The molecule has 1 nitrogen and oxygen atoms in total. The molecule has 1 N–H and O–H groups in total. The molecule has 0 radical (unpaired) electrons. The average molecular weight is 247 g/mol. The average Bonchev–Trinajstić information content (AvgIpc) is 2.29. The Kier molecular flexibility index (Phi) is 3.39. The second-order valence-corrected chi connectivity index (χ2v) is 4.82. The molecule has 0 spiro atoms. The largest absolute Gasteiger partial charge is 0.507 e. The topological polar surface area (TPSA) is 20.2 Å². The molecule has 17 heavy (non-hydrogen) atoms. The van der Waals surface area contributed by atoms with E-state index in [1.807, 2.05) is 50.2 Å². The van der Waals surface area contributed by atoms with Gasteiger partial charge in [0, 0.05) is 5.02 Å². The van der Waals surface area contributed by atoms with Gasteiger partial charge < -0.3 is 5.11 Å². The maximum Gasteiger partial charge on any atom is 0.121 e. The molecule has 0 fully saturated rings. The SMILES string of the molecule is Cc1cc(Cc2ccc(Cl)cc2)cc(C)c1O. The first kappa shape index (κ1) is 12.0. The van der Waals surface area contributed by atoms with E-state index < -0.39 is 0 Å². The Hall–Kier alpha value is -1.47. The van der Waals surface area contributed by atoms with Gasteiger partial charge in [-0.1, -0.05) is 35.9 Å². The van der Waals surface area contributed by atoms with Crippen LogP contribution >= 0.6 is 11.6 Å². The number of aromatic hydroxyl groups is 1. The Bertz CT molecular complexity index is 506. The van der Waals surface area contributed by atoms with Crippen molar-refractivity contribution in [2.45, 2.75) is 20.3 Å². The van der Waals surface area contributed by atoms with Crippen LogP contribution in [-0.4, -0.2) is 5.11 Å². The molecule has 0 aliphatic carbocycles. The van der Waals surface area contributed by atoms with E-state index in [9.17, 15) is 5.11 Å². The van der Waals surface area contributed by atoms with Crippen LogP contribution in [0.3, 0.4) is 0 Å². The quantitative estimate of drug-likeness (QED) is 0.840. The van der Waals surface area contributed by atoms with E-state index in [4.69, 9.17) is 11.6 Å². The fourth-order valence-corrected chi connectivity index (χ4v) is 2.11. The van der Waals surface area contributed by atoms with Crippen LogP contribution in [0.2, 0.25) is 5.02 Å². The fraction of sp³-hybridized carbons (Fsp3) is 0.200. The van der Waals surface area contributed by atoms with Crippen molar-refractivity contribution in [3.05, 3.63) is 63.7 Å². The van der Waals surface area contributed by atoms with Crippen molar-refractivity contribution in [2.24, 2.45) is 0 Å². The van der Waals surface area contributed by atoms with Crippen LogP contribution < -0.4 is 0 Å². The number of halogens is 1. The lowest BCUT2D eigenvalue weighted by Crippen LogP contribution is -1.91. The third-order valence-corrected chi connectivity index (χ3v) is 3.12. The zero-order valence-corrected chi connectivity index (χ0v) is 10.8. The lowest BCUT2D eigenvalue weighted by atomic mass is 10.00. The van der Waals surface area contributed by atoms with Crippen molar-refractivity contribution < 1.29 is 5.11 Å². The van der Waals surface area contributed by atoms with Crippen LogP contribution in [-0.2, 0) is 6.42 Å². The van der Waals surface area contributed by atoms with Crippen LogP contribution in [0.25, 0.3) is 0 Å². The first-order chi connectivity index (χ1) is 8.06. The number of phenols is 1. The summed E-state index contributed by atoms with van der Waals surface area (Å²) in [6.45, 7) is 3.85. The Morgan fingerprint density at radius 3 is 2.00 bits per heavy atom. The normalized spacial score (nSPS) is 10.5. The van der Waals surface area contributed by atoms with Crippen LogP contribution in [0.1, 0.15) is 22.3 Å². The molecule has 0 amide bonds. The lowest BCUT2D eigenvalue weighted by Gasteiger charge is -2.08. The van der Waals surface area contributed by atoms with Gasteiger partial charge in [-0.25, -0.2) is 0 Å². The van der Waals surface area contributed by atoms with E-state index in [2.05, 4.69) is 0 Å². The summed E-state index contributed by atoms with van der Waals surface area (Å²) in [6.07, 6.45) is 0.860. The number of benzene rings is 2. The monoisotopic (exact) mass is 246 g/mol. The van der Waals surface area contributed by atoms with E-state index in [1.54, 1.807) is 0 Å². The number of rotatable bonds is 2. The molecule has 2 heteroatoms. The van der Waals surface area contributed by atoms with E-state index >= 15 is 0 Å². The molecular weight excluding hydrogens is 232 g/mol. The van der Waals surface area contributed by atoms with Crippen molar-refractivity contribution in [3.8, 4) is 5.75 Å². The first-order valence-electron chi connectivity index (χ1n) is 5.60. The molecule has 88 valence electrons. The summed E-state index contributed by atoms with van der Waals surface area (Å²) in [4.78, 5) is 0. The highest BCUT2D eigenvalue weighted by Gasteiger charge is 2.04. The maximum absolute atomic E-state index is 9.72. The second-order valence-electron chi connectivity index (χ2n) is 4.38. The second kappa shape index (κ2) is 4.80. The van der Waals surface area contributed by atoms with Crippen molar-refractivity contribution in [3.63, 3.8) is 0 Å². The minimum absolute atomic E-state index is 0.393. The summed E-state index contributed by atoms with van der Waals surface area (Å²) in [5.74, 6) is 0.393. The third kappa shape index (κ3) is 2.80. The first-order valence-corrected chi connectivity index (χ1v) is 5.97. The Morgan fingerprint density at radius 2 is 1.47 bits per heavy atom. The molecule has 0 aliphatic rings. The predicted molar refractivity (Wildman–Crippen MR) is 71.8 cm³/mol. The lowest BCUT2D eigenvalue weighted by molar-refractivity contribution is 0.466. The molecule has 2 aromatic carbocycles.